The fraction of sp³-hybridized carbons (Fsp3) is 0.522. The lowest BCUT2D eigenvalue weighted by molar-refractivity contribution is -0.127. The Kier molecular flexibility index (Phi) is 8.46. The summed E-state index contributed by atoms with van der Waals surface area (Å²) in [6, 6.07) is 8.97. The summed E-state index contributed by atoms with van der Waals surface area (Å²) in [6.07, 6.45) is 13.5. The number of carbonyl (C=O) groups is 2. The second-order valence-corrected chi connectivity index (χ2v) is 21.6. The molecule has 4 nitrogen and oxygen atoms in total. The van der Waals surface area contributed by atoms with Gasteiger partial charge in [-0.3, -0.25) is 9.59 Å². The Morgan fingerprint density at radius 2 is 0.904 bits per heavy atom. The number of thioether (sulfide) groups is 2. The predicted molar refractivity (Wildman–Crippen MR) is 218 cm³/mol. The molecule has 2 aromatic carbocycles. The van der Waals surface area contributed by atoms with E-state index in [0.717, 1.165) is 56.0 Å². The Hall–Kier alpha value is -2.96. The molecule has 0 saturated carbocycles. The van der Waals surface area contributed by atoms with Crippen LogP contribution in [-0.4, -0.2) is 35.3 Å². The van der Waals surface area contributed by atoms with Gasteiger partial charge in [0.25, 0.3) is 0 Å². The zero-order valence-electron chi connectivity index (χ0n) is 33.6. The molecule has 276 valence electrons. The summed E-state index contributed by atoms with van der Waals surface area (Å²) in [7, 11) is 0. The van der Waals surface area contributed by atoms with Crippen LogP contribution in [0.15, 0.2) is 70.9 Å². The van der Waals surface area contributed by atoms with Crippen molar-refractivity contribution >= 4 is 35.1 Å². The summed E-state index contributed by atoms with van der Waals surface area (Å²) in [5, 5.41) is -0.666. The largest absolute Gasteiger partial charge is 0.474 e. The summed E-state index contributed by atoms with van der Waals surface area (Å²) in [5.74, 6) is 1.49. The molecule has 2 unspecified atom stereocenters. The van der Waals surface area contributed by atoms with E-state index in [0.29, 0.717) is 12.8 Å². The third kappa shape index (κ3) is 5.81. The first kappa shape index (κ1) is 37.4. The van der Waals surface area contributed by atoms with Gasteiger partial charge in [-0.25, -0.2) is 0 Å². The highest BCUT2D eigenvalue weighted by Crippen LogP contribution is 2.57. The number of hydrogen-bond donors (Lipinski definition) is 0. The molecule has 4 atom stereocenters. The minimum Gasteiger partial charge on any atom is -0.474 e. The number of hydrogen-bond acceptors (Lipinski definition) is 6. The Labute approximate surface area is 320 Å². The maximum absolute atomic E-state index is 15.4. The van der Waals surface area contributed by atoms with Gasteiger partial charge in [0.15, 0.2) is 11.2 Å². The minimum absolute atomic E-state index is 0.00472. The molecule has 2 spiro atoms. The van der Waals surface area contributed by atoms with Crippen LogP contribution in [0.3, 0.4) is 0 Å². The van der Waals surface area contributed by atoms with Crippen molar-refractivity contribution in [3.63, 3.8) is 0 Å². The zero-order chi connectivity index (χ0) is 38.1. The first-order chi connectivity index (χ1) is 23.9. The zero-order valence-corrected chi connectivity index (χ0v) is 35.3. The quantitative estimate of drug-likeness (QED) is 0.306. The van der Waals surface area contributed by atoms with E-state index in [4.69, 9.17) is 9.47 Å². The van der Waals surface area contributed by atoms with Crippen LogP contribution in [-0.2, 0) is 33.3 Å². The van der Waals surface area contributed by atoms with Crippen molar-refractivity contribution in [3.05, 3.63) is 104 Å². The van der Waals surface area contributed by atoms with Crippen molar-refractivity contribution < 1.29 is 19.1 Å². The molecule has 3 heterocycles. The lowest BCUT2D eigenvalue weighted by Gasteiger charge is -2.38. The van der Waals surface area contributed by atoms with Crippen LogP contribution in [0.5, 0.6) is 11.5 Å². The second-order valence-electron chi connectivity index (χ2n) is 19.7. The maximum atomic E-state index is 15.4. The molecule has 5 aliphatic rings. The van der Waals surface area contributed by atoms with E-state index in [1.54, 1.807) is 23.5 Å². The van der Waals surface area contributed by atoms with E-state index >= 15 is 9.59 Å². The Bertz CT molecular complexity index is 1900. The van der Waals surface area contributed by atoms with E-state index in [9.17, 15) is 0 Å². The first-order valence-electron chi connectivity index (χ1n) is 18.7. The topological polar surface area (TPSA) is 52.6 Å². The number of ketones is 2. The number of ether oxygens (including phenoxy) is 2. The van der Waals surface area contributed by atoms with Gasteiger partial charge in [-0.1, -0.05) is 120 Å². The molecule has 52 heavy (non-hydrogen) atoms. The van der Waals surface area contributed by atoms with Gasteiger partial charge in [0.1, 0.15) is 11.5 Å². The molecule has 0 amide bonds. The lowest BCUT2D eigenvalue weighted by atomic mass is 9.72. The highest BCUT2D eigenvalue weighted by molar-refractivity contribution is 7.99. The van der Waals surface area contributed by atoms with Crippen LogP contribution in [0.25, 0.3) is 0 Å². The standard InChI is InChI=1S/C46H56O4S2/c1-41(2,3)27-15-25-21-45-23-30(44(10,11)12)20-34(40(45)48)38(52-14)32-18-28(42(4,5)6)16-26-22-46(50-36(26)32)24-29(43(7,8)9)19-33(39(46)47)37(51-13)31(17-27)35(25)49-45/h15-20,23-24,37-38H,21-22H2,1-14H3/t37?,38?,45-,46+. The van der Waals surface area contributed by atoms with E-state index in [1.807, 2.05) is 0 Å². The summed E-state index contributed by atoms with van der Waals surface area (Å²) in [6.45, 7) is 26.6. The maximum Gasteiger partial charge on any atom is 0.208 e. The molecule has 6 bridgehead atoms. The predicted octanol–water partition coefficient (Wildman–Crippen LogP) is 11.1. The fourth-order valence-electron chi connectivity index (χ4n) is 8.38. The smallest absolute Gasteiger partial charge is 0.208 e. The third-order valence-corrected chi connectivity index (χ3v) is 13.6. The number of fused-ring (bicyclic) bond motifs is 2. The summed E-state index contributed by atoms with van der Waals surface area (Å²) in [5.41, 5.74) is 6.74. The van der Waals surface area contributed by atoms with Crippen LogP contribution in [0, 0.1) is 10.8 Å². The highest BCUT2D eigenvalue weighted by atomic mass is 32.2. The second kappa shape index (κ2) is 11.8. The molecule has 0 fully saturated rings. The van der Waals surface area contributed by atoms with Gasteiger partial charge in [-0.15, -0.1) is 0 Å². The van der Waals surface area contributed by atoms with Crippen molar-refractivity contribution in [3.8, 4) is 11.5 Å². The van der Waals surface area contributed by atoms with Crippen molar-refractivity contribution in [1.82, 2.24) is 0 Å². The summed E-state index contributed by atoms with van der Waals surface area (Å²) >= 11 is 3.31. The highest BCUT2D eigenvalue weighted by Gasteiger charge is 2.55. The molecule has 0 N–H and O–H groups in total. The van der Waals surface area contributed by atoms with Crippen LogP contribution < -0.4 is 9.47 Å². The number of carbonyl (C=O) groups excluding carboxylic acids is 2. The number of Topliss-reactive ketones (excluding diaryl/α,β-unsaturated/α-hetero) is 2. The van der Waals surface area contributed by atoms with Gasteiger partial charge in [-0.2, -0.15) is 23.5 Å². The summed E-state index contributed by atoms with van der Waals surface area (Å²) < 4.78 is 14.4. The van der Waals surface area contributed by atoms with E-state index < -0.39 is 11.2 Å². The van der Waals surface area contributed by atoms with Crippen molar-refractivity contribution in [1.29, 1.82) is 0 Å². The molecular weight excluding hydrogens is 681 g/mol. The number of rotatable bonds is 2. The molecule has 0 aromatic heterocycles. The number of allylic oxidation sites excluding steroid dienone is 4. The lowest BCUT2D eigenvalue weighted by Crippen LogP contribution is -2.47. The molecule has 2 aliphatic carbocycles. The van der Waals surface area contributed by atoms with Crippen molar-refractivity contribution in [2.45, 2.75) is 128 Å². The molecule has 0 saturated heterocycles. The van der Waals surface area contributed by atoms with Crippen molar-refractivity contribution in [2.75, 3.05) is 12.5 Å². The molecule has 3 aliphatic heterocycles. The fourth-order valence-corrected chi connectivity index (χ4v) is 10.1. The van der Waals surface area contributed by atoms with Crippen molar-refractivity contribution in [2.24, 2.45) is 10.8 Å². The molecule has 6 heteroatoms. The van der Waals surface area contributed by atoms with Gasteiger partial charge in [-0.05, 0) is 79.7 Å². The molecule has 2 aromatic rings. The van der Waals surface area contributed by atoms with Gasteiger partial charge in [0.2, 0.25) is 11.6 Å². The number of benzene rings is 2. The Balaban J connectivity index is 1.61. The van der Waals surface area contributed by atoms with E-state index in [-0.39, 0.29) is 43.7 Å². The first-order valence-corrected chi connectivity index (χ1v) is 21.3. The average molecular weight is 737 g/mol. The van der Waals surface area contributed by atoms with Crippen LogP contribution >= 0.6 is 23.5 Å². The van der Waals surface area contributed by atoms with Gasteiger partial charge < -0.3 is 9.47 Å². The SMILES string of the molecule is CSC1C2=CC(C(C)(C)C)=C[C@@]3(Cc4cc(C(C)(C)C)cc(c4O3)C(SC)C3=CC(C(C)(C)C)=C[C@]4(Cc5cc(C(C)(C)C)cc1c5O4)C3=O)C2=O. The van der Waals surface area contributed by atoms with Crippen LogP contribution in [0.2, 0.25) is 0 Å². The normalized spacial score (nSPS) is 26.9. The monoisotopic (exact) mass is 736 g/mol. The summed E-state index contributed by atoms with van der Waals surface area (Å²) in [4.78, 5) is 30.8. The minimum atomic E-state index is -1.20. The molecular formula is C46H56O4S2. The molecule has 7 rings (SSSR count). The van der Waals surface area contributed by atoms with Crippen LogP contribution in [0.1, 0.15) is 127 Å². The third-order valence-electron chi connectivity index (χ3n) is 11.6. The van der Waals surface area contributed by atoms with Gasteiger partial charge in [0.05, 0.1) is 10.5 Å². The Morgan fingerprint density at radius 1 is 0.558 bits per heavy atom. The van der Waals surface area contributed by atoms with E-state index in [2.05, 4.69) is 144 Å². The van der Waals surface area contributed by atoms with Gasteiger partial charge in [0, 0.05) is 35.1 Å². The molecule has 0 radical (unpaired) electrons. The average Bonchev–Trinajstić information content (AvgIpc) is 3.58. The van der Waals surface area contributed by atoms with E-state index in [1.165, 1.54) is 11.1 Å². The van der Waals surface area contributed by atoms with Gasteiger partial charge >= 0.3 is 0 Å². The van der Waals surface area contributed by atoms with Crippen LogP contribution in [0.4, 0.5) is 0 Å². The Morgan fingerprint density at radius 3 is 1.19 bits per heavy atom.